The molecule has 0 unspecified atom stereocenters. The molecule has 27 heavy (non-hydrogen) atoms. The summed E-state index contributed by atoms with van der Waals surface area (Å²) in [6, 6.07) is 3.33. The van der Waals surface area contributed by atoms with Crippen molar-refractivity contribution in [3.63, 3.8) is 0 Å². The molecule has 0 radical (unpaired) electrons. The maximum Gasteiger partial charge on any atom is 0.289 e. The second-order valence-corrected chi connectivity index (χ2v) is 7.73. The highest BCUT2D eigenvalue weighted by molar-refractivity contribution is 7.99. The zero-order chi connectivity index (χ0) is 19.0. The first-order valence-electron chi connectivity index (χ1n) is 8.85. The van der Waals surface area contributed by atoms with E-state index in [1.54, 1.807) is 39.6 Å². The molecule has 2 aliphatic heterocycles. The minimum absolute atomic E-state index is 0.0339. The number of hydrogen-bond donors (Lipinski definition) is 0. The Morgan fingerprint density at radius 2 is 1.96 bits per heavy atom. The highest BCUT2D eigenvalue weighted by Gasteiger charge is 2.33. The topological polar surface area (TPSA) is 88.7 Å². The lowest BCUT2D eigenvalue weighted by molar-refractivity contribution is -0.136. The summed E-state index contributed by atoms with van der Waals surface area (Å²) in [5.41, 5.74) is 0.497. The van der Waals surface area contributed by atoms with E-state index in [0.29, 0.717) is 55.0 Å². The zero-order valence-corrected chi connectivity index (χ0v) is 15.8. The van der Waals surface area contributed by atoms with Crippen molar-refractivity contribution in [3.05, 3.63) is 46.3 Å². The molecule has 0 aliphatic carbocycles. The number of nitrogens with zero attached hydrogens (tertiary/aromatic N) is 4. The van der Waals surface area contributed by atoms with Gasteiger partial charge in [-0.2, -0.15) is 0 Å². The maximum atomic E-state index is 12.9. The molecule has 2 aromatic rings. The lowest BCUT2D eigenvalue weighted by atomic mass is 10.1. The van der Waals surface area contributed by atoms with E-state index in [9.17, 15) is 14.4 Å². The van der Waals surface area contributed by atoms with Gasteiger partial charge in [-0.15, -0.1) is 0 Å². The molecule has 0 bridgehead atoms. The number of aryl methyl sites for hydroxylation is 1. The highest BCUT2D eigenvalue weighted by Crippen LogP contribution is 2.26. The standard InChI is InChI=1S/C18H20N4O4S/c1-12-9-19-18-22(15(12)23)10-13(11-27-18)16(24)20-4-6-21(7-5-20)17(25)14-3-2-8-26-14/h2-3,8-9,13H,4-7,10-11H2,1H3/t13-/m1/s1. The molecule has 0 aromatic carbocycles. The van der Waals surface area contributed by atoms with Crippen LogP contribution in [0.25, 0.3) is 0 Å². The number of thioether (sulfide) groups is 1. The van der Waals surface area contributed by atoms with Crippen molar-refractivity contribution in [3.8, 4) is 0 Å². The Bertz CT molecular complexity index is 916. The fourth-order valence-electron chi connectivity index (χ4n) is 3.39. The van der Waals surface area contributed by atoms with Gasteiger partial charge < -0.3 is 14.2 Å². The first-order valence-corrected chi connectivity index (χ1v) is 9.84. The normalized spacial score (nSPS) is 19.7. The molecule has 142 valence electrons. The molecule has 4 rings (SSSR count). The zero-order valence-electron chi connectivity index (χ0n) is 15.0. The Kier molecular flexibility index (Phi) is 4.77. The molecular formula is C18H20N4O4S. The van der Waals surface area contributed by atoms with Crippen molar-refractivity contribution >= 4 is 23.6 Å². The molecule has 1 atom stereocenters. The van der Waals surface area contributed by atoms with Gasteiger partial charge in [0.05, 0.1) is 12.2 Å². The fraction of sp³-hybridized carbons (Fsp3) is 0.444. The third kappa shape index (κ3) is 3.39. The number of furan rings is 1. The number of aromatic nitrogens is 2. The van der Waals surface area contributed by atoms with Crippen molar-refractivity contribution in [1.29, 1.82) is 0 Å². The van der Waals surface area contributed by atoms with Gasteiger partial charge in [0.1, 0.15) is 0 Å². The SMILES string of the molecule is Cc1cnc2n(c1=O)C[C@@H](C(=O)N1CCN(C(=O)c3ccco3)CC1)CS2. The van der Waals surface area contributed by atoms with E-state index >= 15 is 0 Å². The summed E-state index contributed by atoms with van der Waals surface area (Å²) >= 11 is 1.44. The van der Waals surface area contributed by atoms with Crippen LogP contribution in [0.2, 0.25) is 0 Å². The first kappa shape index (κ1) is 17.8. The van der Waals surface area contributed by atoms with Crippen molar-refractivity contribution in [1.82, 2.24) is 19.4 Å². The molecule has 1 fully saturated rings. The average Bonchev–Trinajstić information content (AvgIpc) is 3.24. The van der Waals surface area contributed by atoms with Gasteiger partial charge in [0.2, 0.25) is 5.91 Å². The summed E-state index contributed by atoms with van der Waals surface area (Å²) in [5.74, 6) is 0.558. The number of amides is 2. The predicted molar refractivity (Wildman–Crippen MR) is 98.6 cm³/mol. The molecule has 2 amide bonds. The van der Waals surface area contributed by atoms with Crippen LogP contribution >= 0.6 is 11.8 Å². The Labute approximate surface area is 160 Å². The summed E-state index contributed by atoms with van der Waals surface area (Å²) in [4.78, 5) is 45.3. The third-order valence-electron chi connectivity index (χ3n) is 4.96. The van der Waals surface area contributed by atoms with Crippen LogP contribution < -0.4 is 5.56 Å². The van der Waals surface area contributed by atoms with Crippen LogP contribution in [0.4, 0.5) is 0 Å². The Balaban J connectivity index is 1.39. The number of piperazine rings is 1. The first-order chi connectivity index (χ1) is 13.0. The van der Waals surface area contributed by atoms with Crippen LogP contribution in [-0.2, 0) is 11.3 Å². The van der Waals surface area contributed by atoms with Crippen LogP contribution in [0, 0.1) is 12.8 Å². The van der Waals surface area contributed by atoms with Crippen LogP contribution in [0.5, 0.6) is 0 Å². The smallest absolute Gasteiger partial charge is 0.289 e. The van der Waals surface area contributed by atoms with Gasteiger partial charge in [-0.1, -0.05) is 11.8 Å². The Morgan fingerprint density at radius 3 is 2.67 bits per heavy atom. The van der Waals surface area contributed by atoms with E-state index in [1.807, 2.05) is 0 Å². The molecule has 9 heteroatoms. The minimum atomic E-state index is -0.254. The molecular weight excluding hydrogens is 368 g/mol. The molecule has 1 saturated heterocycles. The van der Waals surface area contributed by atoms with Gasteiger partial charge in [0.15, 0.2) is 10.9 Å². The number of fused-ring (bicyclic) bond motifs is 1. The second kappa shape index (κ2) is 7.22. The molecule has 0 N–H and O–H groups in total. The second-order valence-electron chi connectivity index (χ2n) is 6.74. The van der Waals surface area contributed by atoms with E-state index < -0.39 is 0 Å². The van der Waals surface area contributed by atoms with E-state index in [1.165, 1.54) is 18.0 Å². The van der Waals surface area contributed by atoms with E-state index in [4.69, 9.17) is 4.42 Å². The van der Waals surface area contributed by atoms with Gasteiger partial charge in [0, 0.05) is 50.2 Å². The summed E-state index contributed by atoms with van der Waals surface area (Å²) < 4.78 is 6.76. The molecule has 0 spiro atoms. The highest BCUT2D eigenvalue weighted by atomic mass is 32.2. The quantitative estimate of drug-likeness (QED) is 0.709. The maximum absolute atomic E-state index is 12.9. The van der Waals surface area contributed by atoms with E-state index in [-0.39, 0.29) is 23.3 Å². The number of carbonyl (C=O) groups excluding carboxylic acids is 2. The summed E-state index contributed by atoms with van der Waals surface area (Å²) in [7, 11) is 0. The van der Waals surface area contributed by atoms with E-state index in [0.717, 1.165) is 0 Å². The lowest BCUT2D eigenvalue weighted by Gasteiger charge is -2.37. The van der Waals surface area contributed by atoms with Crippen molar-refractivity contribution in [2.45, 2.75) is 18.6 Å². The van der Waals surface area contributed by atoms with Crippen LogP contribution in [0.3, 0.4) is 0 Å². The van der Waals surface area contributed by atoms with Crippen molar-refractivity contribution < 1.29 is 14.0 Å². The number of rotatable bonds is 2. The van der Waals surface area contributed by atoms with Gasteiger partial charge in [-0.25, -0.2) is 4.98 Å². The Morgan fingerprint density at radius 1 is 1.22 bits per heavy atom. The van der Waals surface area contributed by atoms with Crippen LogP contribution in [0.15, 0.2) is 39.0 Å². The van der Waals surface area contributed by atoms with Gasteiger partial charge >= 0.3 is 0 Å². The van der Waals surface area contributed by atoms with Gasteiger partial charge in [0.25, 0.3) is 11.5 Å². The molecule has 2 aliphatic rings. The lowest BCUT2D eigenvalue weighted by Crippen LogP contribution is -2.53. The summed E-state index contributed by atoms with van der Waals surface area (Å²) in [6.45, 7) is 4.01. The number of hydrogen-bond acceptors (Lipinski definition) is 6. The third-order valence-corrected chi connectivity index (χ3v) is 6.11. The molecule has 4 heterocycles. The monoisotopic (exact) mass is 388 g/mol. The van der Waals surface area contributed by atoms with E-state index in [2.05, 4.69) is 4.98 Å². The summed E-state index contributed by atoms with van der Waals surface area (Å²) in [6.07, 6.45) is 3.06. The van der Waals surface area contributed by atoms with Gasteiger partial charge in [-0.3, -0.25) is 19.0 Å². The predicted octanol–water partition coefficient (Wildman–Crippen LogP) is 0.851. The largest absolute Gasteiger partial charge is 0.459 e. The fourth-order valence-corrected chi connectivity index (χ4v) is 4.43. The van der Waals surface area contributed by atoms with Crippen molar-refractivity contribution in [2.24, 2.45) is 5.92 Å². The molecule has 8 nitrogen and oxygen atoms in total. The number of carbonyl (C=O) groups is 2. The molecule has 0 saturated carbocycles. The Hall–Kier alpha value is -2.55. The average molecular weight is 388 g/mol. The molecule has 2 aromatic heterocycles. The minimum Gasteiger partial charge on any atom is -0.459 e. The van der Waals surface area contributed by atoms with Crippen LogP contribution in [-0.4, -0.2) is 63.1 Å². The summed E-state index contributed by atoms with van der Waals surface area (Å²) in [5, 5.41) is 0.670. The van der Waals surface area contributed by atoms with Crippen LogP contribution in [0.1, 0.15) is 16.1 Å². The van der Waals surface area contributed by atoms with Gasteiger partial charge in [-0.05, 0) is 19.1 Å². The van der Waals surface area contributed by atoms with Crippen molar-refractivity contribution in [2.75, 3.05) is 31.9 Å².